The molecule has 2 heterocycles. The minimum Gasteiger partial charge on any atom is -0.349 e. The predicted molar refractivity (Wildman–Crippen MR) is 141 cm³/mol. The first-order chi connectivity index (χ1) is 18.0. The summed E-state index contributed by atoms with van der Waals surface area (Å²) in [4.78, 5) is 34.4. The van der Waals surface area contributed by atoms with Gasteiger partial charge in [0.25, 0.3) is 5.91 Å². The number of nitrogens with zero attached hydrogens (tertiary/aromatic N) is 6. The molecule has 38 heavy (non-hydrogen) atoms. The number of hydrogen-bond donors (Lipinski definition) is 1. The van der Waals surface area contributed by atoms with Crippen molar-refractivity contribution in [3.8, 4) is 11.4 Å². The molecule has 2 aromatic heterocycles. The zero-order valence-corrected chi connectivity index (χ0v) is 22.0. The number of nitrogens with one attached hydrogen (secondary N) is 1. The Balaban J connectivity index is 1.75. The van der Waals surface area contributed by atoms with Gasteiger partial charge in [0.15, 0.2) is 0 Å². The maximum absolute atomic E-state index is 14.0. The summed E-state index contributed by atoms with van der Waals surface area (Å²) in [5, 5.41) is 15.4. The SMILES string of the molecule is Cc1ccc(N(C(=O)Cn2nnc(-c3ccc(F)cc3)n2)[C@H](C(=O)NC(C)(C)C)c2ccncc2)c(C)c1. The van der Waals surface area contributed by atoms with Crippen LogP contribution in [0.15, 0.2) is 67.0 Å². The van der Waals surface area contributed by atoms with Crippen LogP contribution in [-0.4, -0.2) is 42.5 Å². The van der Waals surface area contributed by atoms with Crippen LogP contribution in [0, 0.1) is 19.7 Å². The van der Waals surface area contributed by atoms with Crippen molar-refractivity contribution in [2.75, 3.05) is 4.90 Å². The van der Waals surface area contributed by atoms with Crippen molar-refractivity contribution in [2.24, 2.45) is 0 Å². The molecule has 0 bridgehead atoms. The van der Waals surface area contributed by atoms with Crippen LogP contribution in [0.2, 0.25) is 0 Å². The molecule has 0 saturated carbocycles. The fourth-order valence-electron chi connectivity index (χ4n) is 4.12. The Labute approximate surface area is 220 Å². The van der Waals surface area contributed by atoms with Crippen LogP contribution in [0.3, 0.4) is 0 Å². The lowest BCUT2D eigenvalue weighted by atomic mass is 10.00. The number of tetrazole rings is 1. The first-order valence-corrected chi connectivity index (χ1v) is 12.2. The second-order valence-corrected chi connectivity index (χ2v) is 10.1. The Morgan fingerprint density at radius 2 is 1.71 bits per heavy atom. The van der Waals surface area contributed by atoms with Gasteiger partial charge in [-0.25, -0.2) is 4.39 Å². The van der Waals surface area contributed by atoms with Gasteiger partial charge in [-0.05, 0) is 93.4 Å². The molecule has 9 nitrogen and oxygen atoms in total. The third-order valence-corrected chi connectivity index (χ3v) is 5.74. The smallest absolute Gasteiger partial charge is 0.251 e. The van der Waals surface area contributed by atoms with Gasteiger partial charge in [0, 0.05) is 29.2 Å². The lowest BCUT2D eigenvalue weighted by molar-refractivity contribution is -0.128. The number of anilines is 1. The highest BCUT2D eigenvalue weighted by Crippen LogP contribution is 2.31. The Bertz CT molecular complexity index is 1430. The van der Waals surface area contributed by atoms with Crippen LogP contribution in [0.1, 0.15) is 43.5 Å². The van der Waals surface area contributed by atoms with E-state index in [-0.39, 0.29) is 24.1 Å². The van der Waals surface area contributed by atoms with E-state index in [1.807, 2.05) is 52.8 Å². The van der Waals surface area contributed by atoms with Crippen LogP contribution in [-0.2, 0) is 16.1 Å². The number of benzene rings is 2. The molecule has 0 spiro atoms. The van der Waals surface area contributed by atoms with Crippen molar-refractivity contribution in [2.45, 2.75) is 52.7 Å². The molecule has 0 radical (unpaired) electrons. The Morgan fingerprint density at radius 3 is 2.34 bits per heavy atom. The van der Waals surface area contributed by atoms with E-state index in [0.717, 1.165) is 11.1 Å². The number of pyridine rings is 1. The molecule has 10 heteroatoms. The zero-order chi connectivity index (χ0) is 27.4. The lowest BCUT2D eigenvalue weighted by Gasteiger charge is -2.34. The van der Waals surface area contributed by atoms with Gasteiger partial charge in [0.1, 0.15) is 18.4 Å². The molecule has 2 amide bonds. The molecule has 0 aliphatic heterocycles. The Morgan fingerprint density at radius 1 is 1.03 bits per heavy atom. The van der Waals surface area contributed by atoms with Crippen molar-refractivity contribution < 1.29 is 14.0 Å². The van der Waals surface area contributed by atoms with Gasteiger partial charge in [-0.15, -0.1) is 10.2 Å². The highest BCUT2D eigenvalue weighted by Gasteiger charge is 2.35. The molecular formula is C28H30FN7O2. The Hall–Kier alpha value is -4.47. The van der Waals surface area contributed by atoms with Crippen LogP contribution in [0.5, 0.6) is 0 Å². The van der Waals surface area contributed by atoms with E-state index < -0.39 is 17.5 Å². The second-order valence-electron chi connectivity index (χ2n) is 10.1. The zero-order valence-electron chi connectivity index (χ0n) is 22.0. The lowest BCUT2D eigenvalue weighted by Crippen LogP contribution is -2.50. The van der Waals surface area contributed by atoms with E-state index in [1.54, 1.807) is 24.5 Å². The topological polar surface area (TPSA) is 106 Å². The molecule has 1 atom stereocenters. The van der Waals surface area contributed by atoms with Crippen molar-refractivity contribution in [1.82, 2.24) is 30.5 Å². The molecule has 2 aromatic carbocycles. The molecule has 4 aromatic rings. The van der Waals surface area contributed by atoms with Gasteiger partial charge in [-0.2, -0.15) is 4.80 Å². The molecular weight excluding hydrogens is 485 g/mol. The minimum absolute atomic E-state index is 0.257. The summed E-state index contributed by atoms with van der Waals surface area (Å²) in [7, 11) is 0. The fourth-order valence-corrected chi connectivity index (χ4v) is 4.12. The normalized spacial score (nSPS) is 12.2. The number of carbonyl (C=O) groups excluding carboxylic acids is 2. The van der Waals surface area contributed by atoms with E-state index >= 15 is 0 Å². The molecule has 0 fully saturated rings. The summed E-state index contributed by atoms with van der Waals surface area (Å²) < 4.78 is 13.3. The summed E-state index contributed by atoms with van der Waals surface area (Å²) in [6, 6.07) is 13.8. The third kappa shape index (κ3) is 6.26. The minimum atomic E-state index is -0.980. The number of aryl methyl sites for hydroxylation is 2. The second kappa shape index (κ2) is 10.9. The Kier molecular flexibility index (Phi) is 7.61. The van der Waals surface area contributed by atoms with Crippen LogP contribution >= 0.6 is 0 Å². The number of aromatic nitrogens is 5. The number of carbonyl (C=O) groups is 2. The predicted octanol–water partition coefficient (Wildman–Crippen LogP) is 4.18. The van der Waals surface area contributed by atoms with Gasteiger partial charge in [0.2, 0.25) is 11.7 Å². The van der Waals surface area contributed by atoms with Crippen molar-refractivity contribution >= 4 is 17.5 Å². The van der Waals surface area contributed by atoms with E-state index in [1.165, 1.54) is 34.0 Å². The van der Waals surface area contributed by atoms with Crippen LogP contribution < -0.4 is 10.2 Å². The van der Waals surface area contributed by atoms with E-state index in [0.29, 0.717) is 16.8 Å². The molecule has 0 saturated heterocycles. The van der Waals surface area contributed by atoms with Crippen LogP contribution in [0.25, 0.3) is 11.4 Å². The fraction of sp³-hybridized carbons (Fsp3) is 0.286. The summed E-state index contributed by atoms with van der Waals surface area (Å²) in [5.41, 5.74) is 3.09. The highest BCUT2D eigenvalue weighted by molar-refractivity contribution is 6.01. The third-order valence-electron chi connectivity index (χ3n) is 5.74. The van der Waals surface area contributed by atoms with Crippen molar-refractivity contribution in [1.29, 1.82) is 0 Å². The quantitative estimate of drug-likeness (QED) is 0.396. The summed E-state index contributed by atoms with van der Waals surface area (Å²) in [6.07, 6.45) is 3.18. The first kappa shape index (κ1) is 26.6. The average Bonchev–Trinajstić information content (AvgIpc) is 3.31. The number of rotatable bonds is 7. The molecule has 0 unspecified atom stereocenters. The maximum atomic E-state index is 14.0. The molecule has 196 valence electrons. The standard InChI is InChI=1S/C28H30FN7O2/c1-18-6-11-23(19(2)16-18)36(25(20-12-14-30-15-13-20)27(38)31-28(3,4)5)24(37)17-35-33-26(32-34-35)21-7-9-22(29)10-8-21/h6-16,25H,17H2,1-5H3,(H,31,38)/t25-/m0/s1. The summed E-state index contributed by atoms with van der Waals surface area (Å²) in [6.45, 7) is 9.24. The van der Waals surface area contributed by atoms with E-state index in [2.05, 4.69) is 25.7 Å². The molecule has 1 N–H and O–H groups in total. The van der Waals surface area contributed by atoms with Crippen molar-refractivity contribution in [3.63, 3.8) is 0 Å². The monoisotopic (exact) mass is 515 g/mol. The van der Waals surface area contributed by atoms with Crippen molar-refractivity contribution in [3.05, 3.63) is 89.5 Å². The van der Waals surface area contributed by atoms with Gasteiger partial charge >= 0.3 is 0 Å². The van der Waals surface area contributed by atoms with Crippen LogP contribution in [0.4, 0.5) is 10.1 Å². The largest absolute Gasteiger partial charge is 0.349 e. The van der Waals surface area contributed by atoms with E-state index in [4.69, 9.17) is 0 Å². The van der Waals surface area contributed by atoms with Gasteiger partial charge in [-0.1, -0.05) is 17.7 Å². The summed E-state index contributed by atoms with van der Waals surface area (Å²) >= 11 is 0. The maximum Gasteiger partial charge on any atom is 0.251 e. The highest BCUT2D eigenvalue weighted by atomic mass is 19.1. The molecule has 4 rings (SSSR count). The van der Waals surface area contributed by atoms with Gasteiger partial charge in [-0.3, -0.25) is 19.5 Å². The summed E-state index contributed by atoms with van der Waals surface area (Å²) in [5.74, 6) is -0.871. The average molecular weight is 516 g/mol. The first-order valence-electron chi connectivity index (χ1n) is 12.2. The molecule has 0 aliphatic rings. The number of halogens is 1. The van der Waals surface area contributed by atoms with E-state index in [9.17, 15) is 14.0 Å². The number of hydrogen-bond acceptors (Lipinski definition) is 6. The molecule has 0 aliphatic carbocycles. The number of amides is 2. The van der Waals surface area contributed by atoms with Gasteiger partial charge < -0.3 is 5.32 Å². The van der Waals surface area contributed by atoms with Gasteiger partial charge in [0.05, 0.1) is 0 Å².